The van der Waals surface area contributed by atoms with Crippen molar-refractivity contribution in [3.63, 3.8) is 0 Å². The summed E-state index contributed by atoms with van der Waals surface area (Å²) in [7, 11) is 0. The van der Waals surface area contributed by atoms with Gasteiger partial charge in [-0.1, -0.05) is 12.1 Å². The van der Waals surface area contributed by atoms with Crippen molar-refractivity contribution < 1.29 is 18.7 Å². The molecule has 0 atom stereocenters. The predicted octanol–water partition coefficient (Wildman–Crippen LogP) is -0.465. The SMILES string of the molecule is O=C(COC(=O)Cn1ccc(=O)[nH]c1=O)NCc1ccc(F)cc1. The quantitative estimate of drug-likeness (QED) is 0.694. The van der Waals surface area contributed by atoms with Crippen LogP contribution in [0.5, 0.6) is 0 Å². The smallest absolute Gasteiger partial charge is 0.328 e. The van der Waals surface area contributed by atoms with Gasteiger partial charge in [0.1, 0.15) is 12.4 Å². The van der Waals surface area contributed by atoms with Crippen molar-refractivity contribution in [2.45, 2.75) is 13.1 Å². The second-order valence-corrected chi connectivity index (χ2v) is 4.80. The third-order valence-corrected chi connectivity index (χ3v) is 2.96. The van der Waals surface area contributed by atoms with Gasteiger partial charge in [-0.3, -0.25) is 23.9 Å². The van der Waals surface area contributed by atoms with E-state index in [1.54, 1.807) is 0 Å². The van der Waals surface area contributed by atoms with E-state index in [-0.39, 0.29) is 12.4 Å². The Morgan fingerprint density at radius 3 is 2.54 bits per heavy atom. The van der Waals surface area contributed by atoms with Crippen molar-refractivity contribution in [1.29, 1.82) is 0 Å². The number of amides is 1. The highest BCUT2D eigenvalue weighted by Gasteiger charge is 2.09. The van der Waals surface area contributed by atoms with Gasteiger partial charge < -0.3 is 10.1 Å². The van der Waals surface area contributed by atoms with Gasteiger partial charge in [0.2, 0.25) is 0 Å². The molecule has 0 spiro atoms. The summed E-state index contributed by atoms with van der Waals surface area (Å²) in [5.74, 6) is -1.72. The van der Waals surface area contributed by atoms with Gasteiger partial charge >= 0.3 is 11.7 Å². The summed E-state index contributed by atoms with van der Waals surface area (Å²) in [6.07, 6.45) is 1.15. The normalized spacial score (nSPS) is 10.2. The van der Waals surface area contributed by atoms with E-state index in [0.717, 1.165) is 16.8 Å². The molecule has 24 heavy (non-hydrogen) atoms. The van der Waals surface area contributed by atoms with E-state index >= 15 is 0 Å². The Balaban J connectivity index is 1.76. The molecule has 1 aromatic carbocycles. The largest absolute Gasteiger partial charge is 0.454 e. The highest BCUT2D eigenvalue weighted by Crippen LogP contribution is 2.01. The average molecular weight is 335 g/mol. The number of esters is 1. The number of carbonyl (C=O) groups excluding carboxylic acids is 2. The van der Waals surface area contributed by atoms with Crippen LogP contribution in [0.15, 0.2) is 46.1 Å². The van der Waals surface area contributed by atoms with Crippen molar-refractivity contribution in [3.05, 3.63) is 68.7 Å². The lowest BCUT2D eigenvalue weighted by Crippen LogP contribution is -2.33. The summed E-state index contributed by atoms with van der Waals surface area (Å²) in [6, 6.07) is 6.66. The molecule has 0 aliphatic carbocycles. The summed E-state index contributed by atoms with van der Waals surface area (Å²) >= 11 is 0. The molecule has 8 nitrogen and oxygen atoms in total. The number of aromatic amines is 1. The molecule has 126 valence electrons. The fourth-order valence-corrected chi connectivity index (χ4v) is 1.75. The van der Waals surface area contributed by atoms with Crippen LogP contribution in [0.2, 0.25) is 0 Å². The fraction of sp³-hybridized carbons (Fsp3) is 0.200. The summed E-state index contributed by atoms with van der Waals surface area (Å²) < 4.78 is 18.4. The van der Waals surface area contributed by atoms with Crippen LogP contribution in [0.3, 0.4) is 0 Å². The van der Waals surface area contributed by atoms with Crippen LogP contribution in [-0.4, -0.2) is 28.0 Å². The Hall–Kier alpha value is -3.23. The van der Waals surface area contributed by atoms with Crippen molar-refractivity contribution in [2.75, 3.05) is 6.61 Å². The second kappa shape index (κ2) is 7.86. The number of ether oxygens (including phenoxy) is 1. The molecule has 1 aromatic heterocycles. The molecule has 2 rings (SSSR count). The zero-order chi connectivity index (χ0) is 17.5. The van der Waals surface area contributed by atoms with Gasteiger partial charge in [-0.25, -0.2) is 9.18 Å². The molecule has 0 unspecified atom stereocenters. The number of hydrogen-bond donors (Lipinski definition) is 2. The maximum Gasteiger partial charge on any atom is 0.328 e. The molecule has 0 fully saturated rings. The molecule has 9 heteroatoms. The standard InChI is InChI=1S/C15H14FN3O5/c16-11-3-1-10(2-4-11)7-17-13(21)9-24-14(22)8-19-6-5-12(20)18-15(19)23/h1-6H,7-9H2,(H,17,21)(H,18,20,23). The molecule has 0 saturated heterocycles. The number of nitrogens with zero attached hydrogens (tertiary/aromatic N) is 1. The fourth-order valence-electron chi connectivity index (χ4n) is 1.75. The summed E-state index contributed by atoms with van der Waals surface area (Å²) in [5.41, 5.74) is -0.638. The maximum atomic E-state index is 12.7. The molecule has 0 bridgehead atoms. The zero-order valence-electron chi connectivity index (χ0n) is 12.5. The van der Waals surface area contributed by atoms with Crippen LogP contribution in [0.4, 0.5) is 4.39 Å². The number of hydrogen-bond acceptors (Lipinski definition) is 5. The van der Waals surface area contributed by atoms with Gasteiger partial charge in [-0.05, 0) is 17.7 Å². The Bertz CT molecular complexity index is 841. The van der Waals surface area contributed by atoms with Gasteiger partial charge in [0.25, 0.3) is 11.5 Å². The highest BCUT2D eigenvalue weighted by molar-refractivity contribution is 5.80. The predicted molar refractivity (Wildman–Crippen MR) is 80.5 cm³/mol. The molecule has 1 amide bonds. The first kappa shape index (κ1) is 17.1. The zero-order valence-corrected chi connectivity index (χ0v) is 12.5. The van der Waals surface area contributed by atoms with E-state index in [9.17, 15) is 23.6 Å². The third kappa shape index (κ3) is 5.20. The Kier molecular flexibility index (Phi) is 5.61. The summed E-state index contributed by atoms with van der Waals surface area (Å²) in [4.78, 5) is 47.4. The number of benzene rings is 1. The number of rotatable bonds is 6. The minimum absolute atomic E-state index is 0.163. The summed E-state index contributed by atoms with van der Waals surface area (Å²) in [5, 5.41) is 2.50. The highest BCUT2D eigenvalue weighted by atomic mass is 19.1. The second-order valence-electron chi connectivity index (χ2n) is 4.80. The van der Waals surface area contributed by atoms with E-state index in [2.05, 4.69) is 5.32 Å². The Morgan fingerprint density at radius 1 is 1.17 bits per heavy atom. The van der Waals surface area contributed by atoms with Crippen LogP contribution < -0.4 is 16.6 Å². The number of nitrogens with one attached hydrogen (secondary N) is 2. The number of halogens is 1. The number of aromatic nitrogens is 2. The first-order valence-corrected chi connectivity index (χ1v) is 6.90. The lowest BCUT2D eigenvalue weighted by Gasteiger charge is -2.07. The molecule has 2 N–H and O–H groups in total. The lowest BCUT2D eigenvalue weighted by molar-refractivity contribution is -0.149. The molecule has 0 radical (unpaired) electrons. The number of H-pyrrole nitrogens is 1. The van der Waals surface area contributed by atoms with Crippen LogP contribution in [0.25, 0.3) is 0 Å². The lowest BCUT2D eigenvalue weighted by atomic mass is 10.2. The summed E-state index contributed by atoms with van der Waals surface area (Å²) in [6.45, 7) is -0.783. The molecular formula is C15H14FN3O5. The van der Waals surface area contributed by atoms with Gasteiger partial charge in [-0.15, -0.1) is 0 Å². The van der Waals surface area contributed by atoms with Crippen molar-refractivity contribution in [1.82, 2.24) is 14.9 Å². The van der Waals surface area contributed by atoms with E-state index in [4.69, 9.17) is 4.74 Å². The number of carbonyl (C=O) groups is 2. The van der Waals surface area contributed by atoms with Gasteiger partial charge in [-0.2, -0.15) is 0 Å². The third-order valence-electron chi connectivity index (χ3n) is 2.96. The average Bonchev–Trinajstić information content (AvgIpc) is 2.55. The minimum atomic E-state index is -0.805. The minimum Gasteiger partial charge on any atom is -0.454 e. The maximum absolute atomic E-state index is 12.7. The Labute approximate surface area is 134 Å². The first-order valence-electron chi connectivity index (χ1n) is 6.90. The molecule has 0 saturated carbocycles. The van der Waals surface area contributed by atoms with Crippen LogP contribution in [0.1, 0.15) is 5.56 Å². The van der Waals surface area contributed by atoms with Crippen molar-refractivity contribution in [3.8, 4) is 0 Å². The van der Waals surface area contributed by atoms with Gasteiger partial charge in [0.05, 0.1) is 0 Å². The molecule has 0 aliphatic heterocycles. The van der Waals surface area contributed by atoms with Gasteiger partial charge in [0, 0.05) is 18.8 Å². The molecular weight excluding hydrogens is 321 g/mol. The van der Waals surface area contributed by atoms with Crippen molar-refractivity contribution >= 4 is 11.9 Å². The monoisotopic (exact) mass is 335 g/mol. The van der Waals surface area contributed by atoms with E-state index in [1.165, 1.54) is 24.3 Å². The topological polar surface area (TPSA) is 110 Å². The van der Waals surface area contributed by atoms with Crippen molar-refractivity contribution in [2.24, 2.45) is 0 Å². The molecule has 1 heterocycles. The van der Waals surface area contributed by atoms with Crippen LogP contribution >= 0.6 is 0 Å². The first-order chi connectivity index (χ1) is 11.4. The molecule has 2 aromatic rings. The van der Waals surface area contributed by atoms with E-state index in [1.807, 2.05) is 4.98 Å². The van der Waals surface area contributed by atoms with E-state index in [0.29, 0.717) is 5.56 Å². The van der Waals surface area contributed by atoms with E-state index < -0.39 is 36.3 Å². The van der Waals surface area contributed by atoms with Crippen LogP contribution in [0, 0.1) is 5.82 Å². The van der Waals surface area contributed by atoms with Gasteiger partial charge in [0.15, 0.2) is 6.61 Å². The van der Waals surface area contributed by atoms with Crippen LogP contribution in [-0.2, 0) is 27.4 Å². The Morgan fingerprint density at radius 2 is 1.88 bits per heavy atom. The molecule has 0 aliphatic rings.